The highest BCUT2D eigenvalue weighted by molar-refractivity contribution is 5.50. The number of aromatic nitrogens is 2. The van der Waals surface area contributed by atoms with Gasteiger partial charge < -0.3 is 10.1 Å². The van der Waals surface area contributed by atoms with Crippen LogP contribution >= 0.6 is 0 Å². The average Bonchev–Trinajstić information content (AvgIpc) is 2.65. The maximum Gasteiger partial charge on any atom is 0.275 e. The molecule has 104 valence electrons. The number of halogens is 2. The first-order chi connectivity index (χ1) is 9.43. The molecule has 0 atom stereocenters. The van der Waals surface area contributed by atoms with Gasteiger partial charge in [0.05, 0.1) is 0 Å². The van der Waals surface area contributed by atoms with Gasteiger partial charge in [-0.25, -0.2) is 8.78 Å². The molecule has 8 heteroatoms. The van der Waals surface area contributed by atoms with Crippen LogP contribution in [0.15, 0.2) is 22.1 Å². The van der Waals surface area contributed by atoms with E-state index in [-0.39, 0.29) is 16.4 Å². The van der Waals surface area contributed by atoms with E-state index in [9.17, 15) is 18.5 Å². The van der Waals surface area contributed by atoms with Crippen LogP contribution in [-0.2, 0) is 7.05 Å². The van der Waals surface area contributed by atoms with Gasteiger partial charge >= 0.3 is 0 Å². The second kappa shape index (κ2) is 5.08. The number of phenolic OH excluding ortho intramolecular Hbond substituents is 1. The van der Waals surface area contributed by atoms with E-state index in [1.54, 1.807) is 0 Å². The topological polar surface area (TPSA) is 87.4 Å². The zero-order valence-electron chi connectivity index (χ0n) is 10.2. The number of benzene rings is 1. The summed E-state index contributed by atoms with van der Waals surface area (Å²) in [5.41, 5.74) is -0.299. The number of rotatable bonds is 2. The quantitative estimate of drug-likeness (QED) is 0.761. The first kappa shape index (κ1) is 13.7. The Morgan fingerprint density at radius 2 is 1.95 bits per heavy atom. The molecule has 2 aromatic rings. The molecule has 0 aliphatic rings. The molecular weight excluding hydrogens is 272 g/mol. The van der Waals surface area contributed by atoms with Crippen LogP contribution in [0.3, 0.4) is 0 Å². The first-order valence-electron chi connectivity index (χ1n) is 5.41. The molecule has 20 heavy (non-hydrogen) atoms. The Bertz CT molecular complexity index is 829. The molecule has 0 bridgehead atoms. The number of nitrogens with zero attached hydrogens (tertiary/aromatic N) is 2. The van der Waals surface area contributed by atoms with Crippen LogP contribution in [0.2, 0.25) is 0 Å². The highest BCUT2D eigenvalue weighted by Gasteiger charge is 2.08. The lowest BCUT2D eigenvalue weighted by molar-refractivity contribution is 0.396. The van der Waals surface area contributed by atoms with Crippen molar-refractivity contribution in [3.63, 3.8) is 0 Å². The number of aromatic amines is 1. The van der Waals surface area contributed by atoms with Crippen LogP contribution in [0.4, 0.5) is 8.78 Å². The van der Waals surface area contributed by atoms with Crippen LogP contribution in [0.1, 0.15) is 5.56 Å². The summed E-state index contributed by atoms with van der Waals surface area (Å²) in [7, 11) is 1.41. The predicted octanol–water partition coefficient (Wildman–Crippen LogP) is 0.0304. The number of nitroso groups, excluding NO2 is 1. The summed E-state index contributed by atoms with van der Waals surface area (Å²) in [6.45, 7) is 0. The number of H-pyrrole nitrogens is 1. The van der Waals surface area contributed by atoms with E-state index < -0.39 is 22.9 Å². The van der Waals surface area contributed by atoms with E-state index in [4.69, 9.17) is 5.11 Å². The van der Waals surface area contributed by atoms with Crippen molar-refractivity contribution < 1.29 is 13.9 Å². The maximum atomic E-state index is 13.2. The SMILES string of the molecule is Cn1c(=CN=O)[nH]/c(=C\c2cc(F)c(O)c(F)c2)c1=O. The Labute approximate surface area is 110 Å². The number of hydrogen-bond donors (Lipinski definition) is 2. The molecule has 2 N–H and O–H groups in total. The van der Waals surface area contributed by atoms with Crippen molar-refractivity contribution in [2.75, 3.05) is 0 Å². The summed E-state index contributed by atoms with van der Waals surface area (Å²) >= 11 is 0. The zero-order chi connectivity index (χ0) is 14.9. The van der Waals surface area contributed by atoms with Crippen molar-refractivity contribution in [2.45, 2.75) is 0 Å². The van der Waals surface area contributed by atoms with Gasteiger partial charge in [0.15, 0.2) is 17.4 Å². The lowest BCUT2D eigenvalue weighted by Gasteiger charge is -1.98. The third-order valence-electron chi connectivity index (χ3n) is 2.68. The summed E-state index contributed by atoms with van der Waals surface area (Å²) in [6.07, 6.45) is 2.09. The van der Waals surface area contributed by atoms with Crippen LogP contribution in [-0.4, -0.2) is 14.7 Å². The highest BCUT2D eigenvalue weighted by atomic mass is 19.1. The van der Waals surface area contributed by atoms with Gasteiger partial charge in [0.1, 0.15) is 17.0 Å². The Balaban J connectivity index is 2.69. The van der Waals surface area contributed by atoms with Gasteiger partial charge in [-0.1, -0.05) is 0 Å². The first-order valence-corrected chi connectivity index (χ1v) is 5.41. The second-order valence-corrected chi connectivity index (χ2v) is 4.00. The molecule has 1 aromatic carbocycles. The van der Waals surface area contributed by atoms with Crippen molar-refractivity contribution in [1.29, 1.82) is 0 Å². The van der Waals surface area contributed by atoms with Crippen molar-refractivity contribution >= 4 is 12.3 Å². The minimum absolute atomic E-state index is 0.0203. The molecule has 0 unspecified atom stereocenters. The molecule has 0 spiro atoms. The van der Waals surface area contributed by atoms with Gasteiger partial charge in [0.2, 0.25) is 0 Å². The van der Waals surface area contributed by atoms with Crippen LogP contribution < -0.4 is 16.4 Å². The summed E-state index contributed by atoms with van der Waals surface area (Å²) in [5, 5.41) is 11.5. The fourth-order valence-corrected chi connectivity index (χ4v) is 1.67. The van der Waals surface area contributed by atoms with Gasteiger partial charge in [-0.15, -0.1) is 4.91 Å². The third-order valence-corrected chi connectivity index (χ3v) is 2.68. The van der Waals surface area contributed by atoms with E-state index in [0.717, 1.165) is 22.9 Å². The summed E-state index contributed by atoms with van der Waals surface area (Å²) in [5.74, 6) is -3.36. The average molecular weight is 281 g/mol. The normalized spacial score (nSPS) is 12.9. The molecule has 0 fully saturated rings. The highest BCUT2D eigenvalue weighted by Crippen LogP contribution is 2.21. The van der Waals surface area contributed by atoms with Gasteiger partial charge in [-0.3, -0.25) is 9.36 Å². The molecule has 1 heterocycles. The summed E-state index contributed by atoms with van der Waals surface area (Å²) in [6, 6.07) is 1.75. The third kappa shape index (κ3) is 2.35. The fraction of sp³-hybridized carbons (Fsp3) is 0.0833. The Kier molecular flexibility index (Phi) is 3.47. The van der Waals surface area contributed by atoms with Gasteiger partial charge in [0, 0.05) is 7.05 Å². The molecular formula is C12H9F2N3O3. The van der Waals surface area contributed by atoms with Crippen molar-refractivity contribution in [3.05, 3.63) is 55.4 Å². The van der Waals surface area contributed by atoms with E-state index >= 15 is 0 Å². The molecule has 0 aliphatic heterocycles. The number of nitrogens with one attached hydrogen (secondary N) is 1. The minimum Gasteiger partial charge on any atom is -0.503 e. The molecule has 0 saturated heterocycles. The lowest BCUT2D eigenvalue weighted by atomic mass is 10.2. The largest absolute Gasteiger partial charge is 0.503 e. The lowest BCUT2D eigenvalue weighted by Crippen LogP contribution is -2.28. The smallest absolute Gasteiger partial charge is 0.275 e. The van der Waals surface area contributed by atoms with Crippen molar-refractivity contribution in [3.8, 4) is 5.75 Å². The predicted molar refractivity (Wildman–Crippen MR) is 67.1 cm³/mol. The number of aromatic hydroxyl groups is 1. The van der Waals surface area contributed by atoms with E-state index in [0.29, 0.717) is 0 Å². The molecule has 2 rings (SSSR count). The fourth-order valence-electron chi connectivity index (χ4n) is 1.67. The van der Waals surface area contributed by atoms with Crippen molar-refractivity contribution in [2.24, 2.45) is 12.2 Å². The molecule has 0 amide bonds. The number of phenols is 1. The van der Waals surface area contributed by atoms with Gasteiger partial charge in [0.25, 0.3) is 5.56 Å². The molecule has 0 aliphatic carbocycles. The van der Waals surface area contributed by atoms with E-state index in [2.05, 4.69) is 10.2 Å². The standard InChI is InChI=1S/C12H9F2N3O3/c1-17-10(5-15-20)16-9(12(17)19)4-6-2-7(13)11(18)8(14)3-6/h2-5,16,18H,1H3/b9-4-,10-5?. The maximum absolute atomic E-state index is 13.2. The van der Waals surface area contributed by atoms with Crippen LogP contribution in [0.5, 0.6) is 5.75 Å². The van der Waals surface area contributed by atoms with E-state index in [1.165, 1.54) is 13.1 Å². The van der Waals surface area contributed by atoms with Gasteiger partial charge in [-0.05, 0) is 28.9 Å². The molecule has 6 nitrogen and oxygen atoms in total. The minimum atomic E-state index is -1.14. The molecule has 0 radical (unpaired) electrons. The zero-order valence-corrected chi connectivity index (χ0v) is 10.2. The van der Waals surface area contributed by atoms with Crippen molar-refractivity contribution in [1.82, 2.24) is 9.55 Å². The summed E-state index contributed by atoms with van der Waals surface area (Å²) in [4.78, 5) is 24.6. The van der Waals surface area contributed by atoms with E-state index in [1.807, 2.05) is 0 Å². The monoisotopic (exact) mass is 281 g/mol. The second-order valence-electron chi connectivity index (χ2n) is 4.00. The molecule has 1 aromatic heterocycles. The van der Waals surface area contributed by atoms with Crippen LogP contribution in [0.25, 0.3) is 12.3 Å². The Hall–Kier alpha value is -2.77. The summed E-state index contributed by atoms with van der Waals surface area (Å²) < 4.78 is 27.5. The van der Waals surface area contributed by atoms with Crippen LogP contribution in [0, 0.1) is 16.5 Å². The molecule has 0 saturated carbocycles. The number of hydrogen-bond acceptors (Lipinski definition) is 4. The Morgan fingerprint density at radius 3 is 2.50 bits per heavy atom. The number of imidazole rings is 1. The van der Waals surface area contributed by atoms with Gasteiger partial charge in [-0.2, -0.15) is 0 Å². The Morgan fingerprint density at radius 1 is 1.35 bits per heavy atom.